The lowest BCUT2D eigenvalue weighted by atomic mass is 9.98. The number of aliphatic hydroxyl groups is 1. The summed E-state index contributed by atoms with van der Waals surface area (Å²) in [6.45, 7) is 3.00. The number of likely N-dealkylation sites (tertiary alicyclic amines) is 2. The van der Waals surface area contributed by atoms with E-state index in [0.29, 0.717) is 25.1 Å². The monoisotopic (exact) mass is 316 g/mol. The maximum atomic E-state index is 12.5. The Morgan fingerprint density at radius 3 is 2.61 bits per heavy atom. The molecule has 3 rings (SSSR count). The molecule has 0 spiro atoms. The summed E-state index contributed by atoms with van der Waals surface area (Å²) in [5.41, 5.74) is 1.74. The van der Waals surface area contributed by atoms with Gasteiger partial charge in [-0.25, -0.2) is 0 Å². The highest BCUT2D eigenvalue weighted by Crippen LogP contribution is 2.19. The predicted molar refractivity (Wildman–Crippen MR) is 86.8 cm³/mol. The lowest BCUT2D eigenvalue weighted by Crippen LogP contribution is -2.40. The number of carbonyl (C=O) groups excluding carboxylic acids is 2. The Hall–Kier alpha value is -1.88. The fourth-order valence-corrected chi connectivity index (χ4v) is 3.43. The number of benzene rings is 1. The van der Waals surface area contributed by atoms with Gasteiger partial charge in [-0.1, -0.05) is 12.1 Å². The summed E-state index contributed by atoms with van der Waals surface area (Å²) in [7, 11) is 0. The summed E-state index contributed by atoms with van der Waals surface area (Å²) >= 11 is 0. The summed E-state index contributed by atoms with van der Waals surface area (Å²) in [6.07, 6.45) is 3.53. The van der Waals surface area contributed by atoms with Crippen molar-refractivity contribution >= 4 is 11.8 Å². The van der Waals surface area contributed by atoms with Crippen molar-refractivity contribution in [1.82, 2.24) is 9.80 Å². The minimum absolute atomic E-state index is 0.0342. The molecule has 1 aromatic rings. The predicted octanol–water partition coefficient (Wildman–Crippen LogP) is 1.65. The molecule has 2 aliphatic heterocycles. The first-order valence-corrected chi connectivity index (χ1v) is 8.44. The van der Waals surface area contributed by atoms with Crippen LogP contribution in [0.3, 0.4) is 0 Å². The van der Waals surface area contributed by atoms with E-state index in [1.54, 1.807) is 0 Å². The molecule has 124 valence electrons. The molecular weight excluding hydrogens is 292 g/mol. The summed E-state index contributed by atoms with van der Waals surface area (Å²) in [5, 5.41) is 9.28. The van der Waals surface area contributed by atoms with E-state index in [9.17, 15) is 14.7 Å². The van der Waals surface area contributed by atoms with Crippen LogP contribution in [0.25, 0.3) is 0 Å². The van der Waals surface area contributed by atoms with E-state index in [1.807, 2.05) is 34.1 Å². The van der Waals surface area contributed by atoms with Crippen LogP contribution < -0.4 is 0 Å². The van der Waals surface area contributed by atoms with E-state index in [1.165, 1.54) is 0 Å². The van der Waals surface area contributed by atoms with Crippen LogP contribution in [0, 0.1) is 5.92 Å². The van der Waals surface area contributed by atoms with E-state index in [2.05, 4.69) is 0 Å². The Morgan fingerprint density at radius 1 is 1.17 bits per heavy atom. The third-order valence-corrected chi connectivity index (χ3v) is 4.81. The number of amides is 2. The molecule has 0 bridgehead atoms. The zero-order valence-electron chi connectivity index (χ0n) is 13.4. The number of aliphatic hydroxyl groups excluding tert-OH is 1. The molecule has 0 aliphatic carbocycles. The van der Waals surface area contributed by atoms with Gasteiger partial charge in [0.2, 0.25) is 5.91 Å². The number of carbonyl (C=O) groups is 2. The van der Waals surface area contributed by atoms with Crippen LogP contribution in [-0.4, -0.2) is 53.0 Å². The van der Waals surface area contributed by atoms with Gasteiger partial charge in [0.25, 0.3) is 5.91 Å². The van der Waals surface area contributed by atoms with Crippen LogP contribution in [0.4, 0.5) is 0 Å². The number of rotatable bonds is 4. The van der Waals surface area contributed by atoms with Gasteiger partial charge in [0.15, 0.2) is 0 Å². The summed E-state index contributed by atoms with van der Waals surface area (Å²) in [5.74, 6) is 0.452. The molecule has 2 aliphatic rings. The molecule has 1 atom stereocenters. The zero-order chi connectivity index (χ0) is 16.2. The molecule has 5 nitrogen and oxygen atoms in total. The van der Waals surface area contributed by atoms with Gasteiger partial charge in [-0.3, -0.25) is 9.59 Å². The second-order valence-corrected chi connectivity index (χ2v) is 6.56. The molecule has 23 heavy (non-hydrogen) atoms. The Morgan fingerprint density at radius 2 is 1.96 bits per heavy atom. The summed E-state index contributed by atoms with van der Waals surface area (Å²) in [4.78, 5) is 27.9. The SMILES string of the molecule is O=C1CCCN1Cc1ccc(C(=O)N2CCCC(CO)C2)cc1. The number of nitrogens with zero attached hydrogens (tertiary/aromatic N) is 2. The molecule has 2 heterocycles. The highest BCUT2D eigenvalue weighted by molar-refractivity contribution is 5.94. The van der Waals surface area contributed by atoms with E-state index in [-0.39, 0.29) is 24.3 Å². The quantitative estimate of drug-likeness (QED) is 0.919. The summed E-state index contributed by atoms with van der Waals surface area (Å²) in [6, 6.07) is 7.57. The minimum Gasteiger partial charge on any atom is -0.396 e. The van der Waals surface area contributed by atoms with Gasteiger partial charge in [-0.05, 0) is 42.9 Å². The Kier molecular flexibility index (Phi) is 4.96. The molecule has 1 N–H and O–H groups in total. The zero-order valence-corrected chi connectivity index (χ0v) is 13.4. The lowest BCUT2D eigenvalue weighted by molar-refractivity contribution is -0.128. The van der Waals surface area contributed by atoms with Crippen molar-refractivity contribution in [1.29, 1.82) is 0 Å². The van der Waals surface area contributed by atoms with Crippen molar-refractivity contribution < 1.29 is 14.7 Å². The smallest absolute Gasteiger partial charge is 0.253 e. The van der Waals surface area contributed by atoms with Crippen molar-refractivity contribution in [2.75, 3.05) is 26.2 Å². The topological polar surface area (TPSA) is 60.9 Å². The first-order valence-electron chi connectivity index (χ1n) is 8.44. The van der Waals surface area contributed by atoms with E-state index < -0.39 is 0 Å². The highest BCUT2D eigenvalue weighted by Gasteiger charge is 2.24. The number of hydrogen-bond donors (Lipinski definition) is 1. The molecular formula is C18H24N2O3. The van der Waals surface area contributed by atoms with Gasteiger partial charge < -0.3 is 14.9 Å². The van der Waals surface area contributed by atoms with Crippen LogP contribution in [0.15, 0.2) is 24.3 Å². The third kappa shape index (κ3) is 3.72. The molecule has 0 saturated carbocycles. The molecule has 0 aromatic heterocycles. The molecule has 5 heteroatoms. The standard InChI is InChI=1S/C18H24N2O3/c21-13-15-3-1-10-20(12-15)18(23)16-7-5-14(6-8-16)11-19-9-2-4-17(19)22/h5-8,15,21H,1-4,9-13H2. The molecule has 1 unspecified atom stereocenters. The molecule has 2 saturated heterocycles. The van der Waals surface area contributed by atoms with Crippen molar-refractivity contribution in [3.63, 3.8) is 0 Å². The summed E-state index contributed by atoms with van der Waals surface area (Å²) < 4.78 is 0. The maximum absolute atomic E-state index is 12.5. The van der Waals surface area contributed by atoms with Gasteiger partial charge in [-0.15, -0.1) is 0 Å². The molecule has 2 amide bonds. The van der Waals surface area contributed by atoms with Crippen LogP contribution in [0.5, 0.6) is 0 Å². The van der Waals surface area contributed by atoms with Gasteiger partial charge in [0, 0.05) is 44.8 Å². The van der Waals surface area contributed by atoms with Gasteiger partial charge in [0.05, 0.1) is 0 Å². The Balaban J connectivity index is 1.62. The third-order valence-electron chi connectivity index (χ3n) is 4.81. The van der Waals surface area contributed by atoms with Crippen molar-refractivity contribution in [2.45, 2.75) is 32.2 Å². The fourth-order valence-electron chi connectivity index (χ4n) is 3.43. The van der Waals surface area contributed by atoms with Crippen LogP contribution >= 0.6 is 0 Å². The minimum atomic E-state index is 0.0342. The largest absolute Gasteiger partial charge is 0.396 e. The second-order valence-electron chi connectivity index (χ2n) is 6.56. The van der Waals surface area contributed by atoms with E-state index in [4.69, 9.17) is 0 Å². The molecule has 0 radical (unpaired) electrons. The average Bonchev–Trinajstić information content (AvgIpc) is 3.00. The van der Waals surface area contributed by atoms with Gasteiger partial charge in [0.1, 0.15) is 0 Å². The van der Waals surface area contributed by atoms with Crippen molar-refractivity contribution in [3.05, 3.63) is 35.4 Å². The Labute approximate surface area is 136 Å². The second kappa shape index (κ2) is 7.13. The van der Waals surface area contributed by atoms with Crippen LogP contribution in [-0.2, 0) is 11.3 Å². The Bertz CT molecular complexity index is 570. The number of piperidine rings is 1. The highest BCUT2D eigenvalue weighted by atomic mass is 16.3. The van der Waals surface area contributed by atoms with Crippen molar-refractivity contribution in [2.24, 2.45) is 5.92 Å². The number of hydrogen-bond acceptors (Lipinski definition) is 3. The molecule has 1 aromatic carbocycles. The van der Waals surface area contributed by atoms with Gasteiger partial charge >= 0.3 is 0 Å². The first-order chi connectivity index (χ1) is 11.2. The maximum Gasteiger partial charge on any atom is 0.253 e. The fraction of sp³-hybridized carbons (Fsp3) is 0.556. The average molecular weight is 316 g/mol. The van der Waals surface area contributed by atoms with E-state index >= 15 is 0 Å². The molecule has 2 fully saturated rings. The first kappa shape index (κ1) is 16.0. The van der Waals surface area contributed by atoms with Crippen molar-refractivity contribution in [3.8, 4) is 0 Å². The van der Waals surface area contributed by atoms with Crippen LogP contribution in [0.2, 0.25) is 0 Å². The van der Waals surface area contributed by atoms with Crippen LogP contribution in [0.1, 0.15) is 41.6 Å². The van der Waals surface area contributed by atoms with E-state index in [0.717, 1.165) is 37.9 Å². The van der Waals surface area contributed by atoms with Gasteiger partial charge in [-0.2, -0.15) is 0 Å². The normalized spacial score (nSPS) is 21.8. The lowest BCUT2D eigenvalue weighted by Gasteiger charge is -2.32.